The topological polar surface area (TPSA) is 30.5 Å². The zero-order valence-electron chi connectivity index (χ0n) is 12.7. The predicted octanol–water partition coefficient (Wildman–Crippen LogP) is 3.03. The highest BCUT2D eigenvalue weighted by atomic mass is 16.5. The Bertz CT molecular complexity index is 388. The molecule has 0 aliphatic carbocycles. The molecule has 20 heavy (non-hydrogen) atoms. The lowest BCUT2D eigenvalue weighted by atomic mass is 9.94. The monoisotopic (exact) mass is 277 g/mol. The van der Waals surface area contributed by atoms with Crippen molar-refractivity contribution in [3.05, 3.63) is 29.8 Å². The van der Waals surface area contributed by atoms with Gasteiger partial charge in [-0.05, 0) is 49.8 Å². The van der Waals surface area contributed by atoms with Crippen molar-refractivity contribution >= 4 is 0 Å². The summed E-state index contributed by atoms with van der Waals surface area (Å²) >= 11 is 0. The molecular weight excluding hydrogens is 250 g/mol. The third kappa shape index (κ3) is 4.50. The summed E-state index contributed by atoms with van der Waals surface area (Å²) in [5.41, 5.74) is 1.29. The zero-order chi connectivity index (χ0) is 14.2. The number of benzene rings is 1. The lowest BCUT2D eigenvalue weighted by molar-refractivity contribution is 0.181. The number of para-hydroxylation sites is 1. The van der Waals surface area contributed by atoms with Crippen LogP contribution in [0.3, 0.4) is 0 Å². The molecule has 0 amide bonds. The molecule has 1 N–H and O–H groups in total. The van der Waals surface area contributed by atoms with Gasteiger partial charge in [-0.1, -0.05) is 25.1 Å². The van der Waals surface area contributed by atoms with Crippen LogP contribution in [0.25, 0.3) is 0 Å². The van der Waals surface area contributed by atoms with Crippen LogP contribution in [-0.2, 0) is 11.2 Å². The molecule has 1 aliphatic rings. The van der Waals surface area contributed by atoms with Crippen LogP contribution in [-0.4, -0.2) is 32.9 Å². The van der Waals surface area contributed by atoms with Crippen LogP contribution < -0.4 is 10.1 Å². The van der Waals surface area contributed by atoms with E-state index in [1.807, 2.05) is 12.1 Å². The van der Waals surface area contributed by atoms with Crippen molar-refractivity contribution in [3.63, 3.8) is 0 Å². The maximum absolute atomic E-state index is 5.51. The average molecular weight is 277 g/mol. The SMILES string of the molecule is CCCNC(Cc1ccccc1OC)CC1CCOC1. The molecule has 1 saturated heterocycles. The Morgan fingerprint density at radius 3 is 2.95 bits per heavy atom. The Morgan fingerprint density at radius 1 is 1.40 bits per heavy atom. The van der Waals surface area contributed by atoms with Crippen LogP contribution in [0.1, 0.15) is 31.7 Å². The molecule has 2 atom stereocenters. The fraction of sp³-hybridized carbons (Fsp3) is 0.647. The highest BCUT2D eigenvalue weighted by Gasteiger charge is 2.21. The normalized spacial score (nSPS) is 20.0. The summed E-state index contributed by atoms with van der Waals surface area (Å²) in [6.45, 7) is 5.15. The fourth-order valence-corrected chi connectivity index (χ4v) is 2.90. The van der Waals surface area contributed by atoms with Gasteiger partial charge in [0.15, 0.2) is 0 Å². The van der Waals surface area contributed by atoms with E-state index in [0.717, 1.165) is 31.9 Å². The summed E-state index contributed by atoms with van der Waals surface area (Å²) in [7, 11) is 1.75. The number of hydrogen-bond acceptors (Lipinski definition) is 3. The molecule has 1 fully saturated rings. The molecule has 112 valence electrons. The van der Waals surface area contributed by atoms with Crippen molar-refractivity contribution in [2.75, 3.05) is 26.9 Å². The van der Waals surface area contributed by atoms with Gasteiger partial charge in [0, 0.05) is 19.3 Å². The highest BCUT2D eigenvalue weighted by molar-refractivity contribution is 5.33. The largest absolute Gasteiger partial charge is 0.496 e. The van der Waals surface area contributed by atoms with E-state index in [1.165, 1.54) is 24.8 Å². The summed E-state index contributed by atoms with van der Waals surface area (Å²) < 4.78 is 11.0. The van der Waals surface area contributed by atoms with E-state index in [0.29, 0.717) is 12.0 Å². The van der Waals surface area contributed by atoms with Gasteiger partial charge in [0.1, 0.15) is 5.75 Å². The van der Waals surface area contributed by atoms with E-state index in [2.05, 4.69) is 24.4 Å². The minimum atomic E-state index is 0.512. The molecule has 1 heterocycles. The summed E-state index contributed by atoms with van der Waals surface area (Å²) in [6, 6.07) is 8.85. The standard InChI is InChI=1S/C17H27NO2/c1-3-9-18-16(11-14-8-10-20-13-14)12-15-6-4-5-7-17(15)19-2/h4-7,14,16,18H,3,8-13H2,1-2H3. The molecule has 0 saturated carbocycles. The van der Waals surface area contributed by atoms with E-state index in [4.69, 9.17) is 9.47 Å². The first-order valence-corrected chi connectivity index (χ1v) is 7.76. The van der Waals surface area contributed by atoms with Crippen LogP contribution >= 0.6 is 0 Å². The second kappa shape index (κ2) is 8.28. The molecular formula is C17H27NO2. The van der Waals surface area contributed by atoms with Crippen molar-refractivity contribution < 1.29 is 9.47 Å². The van der Waals surface area contributed by atoms with Crippen LogP contribution in [0.5, 0.6) is 5.75 Å². The number of nitrogens with one attached hydrogen (secondary N) is 1. The number of rotatable bonds is 8. The molecule has 0 spiro atoms. The summed E-state index contributed by atoms with van der Waals surface area (Å²) in [6.07, 6.45) is 4.60. The first kappa shape index (κ1) is 15.3. The fourth-order valence-electron chi connectivity index (χ4n) is 2.90. The van der Waals surface area contributed by atoms with E-state index >= 15 is 0 Å². The molecule has 3 heteroatoms. The maximum atomic E-state index is 5.51. The molecule has 1 aromatic rings. The van der Waals surface area contributed by atoms with Gasteiger partial charge < -0.3 is 14.8 Å². The summed E-state index contributed by atoms with van der Waals surface area (Å²) in [5, 5.41) is 3.68. The third-order valence-corrected chi connectivity index (χ3v) is 3.98. The molecule has 1 aliphatic heterocycles. The van der Waals surface area contributed by atoms with Crippen molar-refractivity contribution in [2.45, 2.75) is 38.6 Å². The second-order valence-corrected chi connectivity index (χ2v) is 5.63. The highest BCUT2D eigenvalue weighted by Crippen LogP contribution is 2.23. The van der Waals surface area contributed by atoms with E-state index in [9.17, 15) is 0 Å². The van der Waals surface area contributed by atoms with Crippen molar-refractivity contribution in [2.24, 2.45) is 5.92 Å². The van der Waals surface area contributed by atoms with Crippen molar-refractivity contribution in [1.29, 1.82) is 0 Å². The Hall–Kier alpha value is -1.06. The molecule has 0 aromatic heterocycles. The van der Waals surface area contributed by atoms with Gasteiger partial charge in [-0.2, -0.15) is 0 Å². The number of ether oxygens (including phenoxy) is 2. The minimum absolute atomic E-state index is 0.512. The lowest BCUT2D eigenvalue weighted by Crippen LogP contribution is -2.34. The lowest BCUT2D eigenvalue weighted by Gasteiger charge is -2.22. The van der Waals surface area contributed by atoms with Gasteiger partial charge in [0.2, 0.25) is 0 Å². The van der Waals surface area contributed by atoms with E-state index in [-0.39, 0.29) is 0 Å². The van der Waals surface area contributed by atoms with Crippen LogP contribution in [0.15, 0.2) is 24.3 Å². The molecule has 2 unspecified atom stereocenters. The summed E-state index contributed by atoms with van der Waals surface area (Å²) in [4.78, 5) is 0. The predicted molar refractivity (Wildman–Crippen MR) is 82.3 cm³/mol. The Kier molecular flexibility index (Phi) is 6.34. The Labute approximate surface area is 122 Å². The van der Waals surface area contributed by atoms with Crippen molar-refractivity contribution in [1.82, 2.24) is 5.32 Å². The number of methoxy groups -OCH3 is 1. The second-order valence-electron chi connectivity index (χ2n) is 5.63. The van der Waals surface area contributed by atoms with Gasteiger partial charge in [0.25, 0.3) is 0 Å². The van der Waals surface area contributed by atoms with Crippen LogP contribution in [0.2, 0.25) is 0 Å². The Morgan fingerprint density at radius 2 is 2.25 bits per heavy atom. The average Bonchev–Trinajstić information content (AvgIpc) is 2.98. The van der Waals surface area contributed by atoms with Gasteiger partial charge >= 0.3 is 0 Å². The quantitative estimate of drug-likeness (QED) is 0.792. The first-order valence-electron chi connectivity index (χ1n) is 7.76. The van der Waals surface area contributed by atoms with Gasteiger partial charge in [-0.15, -0.1) is 0 Å². The van der Waals surface area contributed by atoms with E-state index in [1.54, 1.807) is 7.11 Å². The molecule has 2 rings (SSSR count). The summed E-state index contributed by atoms with van der Waals surface area (Å²) in [5.74, 6) is 1.71. The first-order chi connectivity index (χ1) is 9.83. The zero-order valence-corrected chi connectivity index (χ0v) is 12.7. The molecule has 3 nitrogen and oxygen atoms in total. The van der Waals surface area contributed by atoms with Crippen molar-refractivity contribution in [3.8, 4) is 5.75 Å². The molecule has 0 radical (unpaired) electrons. The third-order valence-electron chi connectivity index (χ3n) is 3.98. The Balaban J connectivity index is 1.97. The van der Waals surface area contributed by atoms with E-state index < -0.39 is 0 Å². The maximum Gasteiger partial charge on any atom is 0.122 e. The smallest absolute Gasteiger partial charge is 0.122 e. The van der Waals surface area contributed by atoms with Crippen LogP contribution in [0, 0.1) is 5.92 Å². The van der Waals surface area contributed by atoms with Gasteiger partial charge in [-0.25, -0.2) is 0 Å². The van der Waals surface area contributed by atoms with Gasteiger partial charge in [-0.3, -0.25) is 0 Å². The minimum Gasteiger partial charge on any atom is -0.496 e. The number of hydrogen-bond donors (Lipinski definition) is 1. The molecule has 0 bridgehead atoms. The molecule has 1 aromatic carbocycles. The van der Waals surface area contributed by atoms with Gasteiger partial charge in [0.05, 0.1) is 7.11 Å². The van der Waals surface area contributed by atoms with Crippen LogP contribution in [0.4, 0.5) is 0 Å².